The Morgan fingerprint density at radius 2 is 1.56 bits per heavy atom. The largest absolute Gasteiger partial charge is 0.345 e. The van der Waals surface area contributed by atoms with Gasteiger partial charge in [0, 0.05) is 38.6 Å². The molecule has 1 saturated heterocycles. The van der Waals surface area contributed by atoms with Crippen LogP contribution in [0.15, 0.2) is 73.1 Å². The first-order valence-corrected chi connectivity index (χ1v) is 10.9. The molecule has 3 aromatic rings. The summed E-state index contributed by atoms with van der Waals surface area (Å²) in [4.78, 5) is 38.4. The third kappa shape index (κ3) is 5.23. The molecule has 8 heteroatoms. The number of nitrogens with one attached hydrogen (secondary N) is 1. The smallest absolute Gasteiger partial charge is 0.253 e. The molecule has 2 heterocycles. The monoisotopic (exact) mass is 449 g/mol. The van der Waals surface area contributed by atoms with Crippen molar-refractivity contribution in [1.82, 2.24) is 20.2 Å². The summed E-state index contributed by atoms with van der Waals surface area (Å²) in [6, 6.07) is 17.7. The van der Waals surface area contributed by atoms with Gasteiger partial charge < -0.3 is 15.1 Å². The first-order valence-electron chi connectivity index (χ1n) is 10.5. The molecule has 2 aromatic carbocycles. The molecule has 0 saturated carbocycles. The lowest BCUT2D eigenvalue weighted by Gasteiger charge is -2.35. The zero-order valence-electron chi connectivity index (χ0n) is 17.5. The Labute approximate surface area is 192 Å². The Morgan fingerprint density at radius 1 is 0.906 bits per heavy atom. The first kappa shape index (κ1) is 21.8. The van der Waals surface area contributed by atoms with Gasteiger partial charge in [0.2, 0.25) is 11.9 Å². The highest BCUT2D eigenvalue weighted by atomic mass is 35.5. The summed E-state index contributed by atoms with van der Waals surface area (Å²) in [7, 11) is 0. The lowest BCUT2D eigenvalue weighted by Crippen LogP contribution is -2.50. The number of aromatic nitrogens is 2. The van der Waals surface area contributed by atoms with Crippen LogP contribution in [0, 0.1) is 0 Å². The van der Waals surface area contributed by atoms with Crippen LogP contribution < -0.4 is 10.2 Å². The van der Waals surface area contributed by atoms with Gasteiger partial charge in [-0.05, 0) is 23.8 Å². The molecule has 1 aliphatic heterocycles. The second kappa shape index (κ2) is 10.2. The predicted octanol–water partition coefficient (Wildman–Crippen LogP) is 3.34. The number of nitrogens with zero attached hydrogens (tertiary/aromatic N) is 4. The molecule has 0 aliphatic carbocycles. The lowest BCUT2D eigenvalue weighted by molar-refractivity contribution is -0.132. The van der Waals surface area contributed by atoms with E-state index < -0.39 is 6.04 Å². The van der Waals surface area contributed by atoms with Gasteiger partial charge in [0.1, 0.15) is 0 Å². The number of carbonyl (C=O) groups is 2. The highest BCUT2D eigenvalue weighted by Crippen LogP contribution is 2.22. The van der Waals surface area contributed by atoms with Gasteiger partial charge >= 0.3 is 0 Å². The molecule has 1 fully saturated rings. The summed E-state index contributed by atoms with van der Waals surface area (Å²) >= 11 is 6.19. The Kier molecular flexibility index (Phi) is 6.97. The van der Waals surface area contributed by atoms with Crippen LogP contribution in [-0.2, 0) is 4.79 Å². The lowest BCUT2D eigenvalue weighted by atomic mass is 10.0. The maximum Gasteiger partial charge on any atom is 0.253 e. The van der Waals surface area contributed by atoms with E-state index in [2.05, 4.69) is 20.2 Å². The average molecular weight is 450 g/mol. The number of halogens is 1. The minimum atomic E-state index is -0.456. The maximum absolute atomic E-state index is 13.1. The van der Waals surface area contributed by atoms with Crippen molar-refractivity contribution >= 4 is 29.4 Å². The van der Waals surface area contributed by atoms with Gasteiger partial charge in [-0.25, -0.2) is 9.97 Å². The summed E-state index contributed by atoms with van der Waals surface area (Å²) in [5.41, 5.74) is 1.26. The normalized spacial score (nSPS) is 14.7. The fraction of sp³-hybridized carbons (Fsp3) is 0.250. The van der Waals surface area contributed by atoms with Gasteiger partial charge in [0.25, 0.3) is 5.91 Å². The van der Waals surface area contributed by atoms with Gasteiger partial charge in [-0.1, -0.05) is 54.1 Å². The first-order chi connectivity index (χ1) is 15.6. The number of piperazine rings is 1. The number of anilines is 1. The maximum atomic E-state index is 13.1. The molecule has 164 valence electrons. The van der Waals surface area contributed by atoms with E-state index in [0.717, 1.165) is 5.56 Å². The van der Waals surface area contributed by atoms with Crippen molar-refractivity contribution in [2.75, 3.05) is 31.1 Å². The number of hydrogen-bond donors (Lipinski definition) is 1. The van der Waals surface area contributed by atoms with E-state index in [1.54, 1.807) is 42.7 Å². The molecule has 0 bridgehead atoms. The van der Waals surface area contributed by atoms with Crippen LogP contribution in [0.2, 0.25) is 5.02 Å². The second-order valence-electron chi connectivity index (χ2n) is 7.54. The average Bonchev–Trinajstić information content (AvgIpc) is 2.85. The van der Waals surface area contributed by atoms with Crippen molar-refractivity contribution < 1.29 is 9.59 Å². The minimum Gasteiger partial charge on any atom is -0.345 e. The van der Waals surface area contributed by atoms with Crippen LogP contribution in [0.1, 0.15) is 28.4 Å². The second-order valence-corrected chi connectivity index (χ2v) is 7.94. The number of benzene rings is 2. The van der Waals surface area contributed by atoms with Gasteiger partial charge in [0.15, 0.2) is 0 Å². The molecule has 4 rings (SSSR count). The van der Waals surface area contributed by atoms with Crippen molar-refractivity contribution in [2.45, 2.75) is 12.5 Å². The molecule has 7 nitrogen and oxygen atoms in total. The van der Waals surface area contributed by atoms with E-state index in [1.165, 1.54) is 0 Å². The molecule has 32 heavy (non-hydrogen) atoms. The van der Waals surface area contributed by atoms with E-state index >= 15 is 0 Å². The van der Waals surface area contributed by atoms with Crippen LogP contribution >= 0.6 is 11.6 Å². The van der Waals surface area contributed by atoms with Crippen molar-refractivity contribution in [3.63, 3.8) is 0 Å². The predicted molar refractivity (Wildman–Crippen MR) is 124 cm³/mol. The van der Waals surface area contributed by atoms with Gasteiger partial charge in [-0.15, -0.1) is 0 Å². The fourth-order valence-corrected chi connectivity index (χ4v) is 3.95. The van der Waals surface area contributed by atoms with Crippen LogP contribution in [0.25, 0.3) is 0 Å². The SMILES string of the molecule is O=C(N[C@@H](CC(=O)N1CCN(c2ncccn2)CC1)c1ccccc1)c1ccccc1Cl. The summed E-state index contributed by atoms with van der Waals surface area (Å²) in [5.74, 6) is 0.365. The molecule has 1 aromatic heterocycles. The zero-order chi connectivity index (χ0) is 22.3. The van der Waals surface area contributed by atoms with Gasteiger partial charge in [0.05, 0.1) is 23.0 Å². The molecule has 0 unspecified atom stereocenters. The van der Waals surface area contributed by atoms with Crippen molar-refractivity contribution in [3.05, 3.63) is 89.2 Å². The van der Waals surface area contributed by atoms with E-state index in [1.807, 2.05) is 35.2 Å². The minimum absolute atomic E-state index is 0.00746. The number of carbonyl (C=O) groups excluding carboxylic acids is 2. The van der Waals surface area contributed by atoms with Crippen LogP contribution in [0.3, 0.4) is 0 Å². The quantitative estimate of drug-likeness (QED) is 0.624. The molecule has 1 N–H and O–H groups in total. The molecular weight excluding hydrogens is 426 g/mol. The van der Waals surface area contributed by atoms with Crippen molar-refractivity contribution in [3.8, 4) is 0 Å². The Bertz CT molecular complexity index is 1060. The molecule has 0 radical (unpaired) electrons. The van der Waals surface area contributed by atoms with E-state index in [9.17, 15) is 9.59 Å². The van der Waals surface area contributed by atoms with E-state index in [0.29, 0.717) is 42.7 Å². The van der Waals surface area contributed by atoms with E-state index in [4.69, 9.17) is 11.6 Å². The molecule has 1 atom stereocenters. The Balaban J connectivity index is 1.43. The topological polar surface area (TPSA) is 78.4 Å². The van der Waals surface area contributed by atoms with Crippen LogP contribution in [-0.4, -0.2) is 52.9 Å². The Hall–Kier alpha value is -3.45. The molecule has 0 spiro atoms. The van der Waals surface area contributed by atoms with Crippen LogP contribution in [0.4, 0.5) is 5.95 Å². The number of hydrogen-bond acceptors (Lipinski definition) is 5. The molecular formula is C24H24ClN5O2. The van der Waals surface area contributed by atoms with E-state index in [-0.39, 0.29) is 18.2 Å². The van der Waals surface area contributed by atoms with Gasteiger partial charge in [-0.2, -0.15) is 0 Å². The van der Waals surface area contributed by atoms with Gasteiger partial charge in [-0.3, -0.25) is 9.59 Å². The number of rotatable bonds is 6. The van der Waals surface area contributed by atoms with Crippen molar-refractivity contribution in [2.24, 2.45) is 0 Å². The summed E-state index contributed by atoms with van der Waals surface area (Å²) < 4.78 is 0. The third-order valence-electron chi connectivity index (χ3n) is 5.47. The van der Waals surface area contributed by atoms with Crippen molar-refractivity contribution in [1.29, 1.82) is 0 Å². The molecule has 2 amide bonds. The summed E-state index contributed by atoms with van der Waals surface area (Å²) in [6.07, 6.45) is 3.60. The van der Waals surface area contributed by atoms with Crippen LogP contribution in [0.5, 0.6) is 0 Å². The highest BCUT2D eigenvalue weighted by Gasteiger charge is 2.26. The fourth-order valence-electron chi connectivity index (χ4n) is 3.73. The highest BCUT2D eigenvalue weighted by molar-refractivity contribution is 6.33. The summed E-state index contributed by atoms with van der Waals surface area (Å²) in [6.45, 7) is 2.49. The summed E-state index contributed by atoms with van der Waals surface area (Å²) in [5, 5.41) is 3.37. The zero-order valence-corrected chi connectivity index (χ0v) is 18.3. The Morgan fingerprint density at radius 3 is 2.25 bits per heavy atom. The standard InChI is InChI=1S/C24H24ClN5O2/c25-20-10-5-4-9-19(20)23(32)28-21(18-7-2-1-3-8-18)17-22(31)29-13-15-30(16-14-29)24-26-11-6-12-27-24/h1-12,21H,13-17H2,(H,28,32)/t21-/m0/s1. The third-order valence-corrected chi connectivity index (χ3v) is 5.80. The number of amides is 2. The molecule has 1 aliphatic rings.